The van der Waals surface area contributed by atoms with Crippen LogP contribution >= 0.6 is 0 Å². The molecule has 3 amide bonds. The minimum absolute atomic E-state index is 0.0723. The fourth-order valence-corrected chi connectivity index (χ4v) is 12.7. The molecule has 1 saturated heterocycles. The zero-order valence-electron chi connectivity index (χ0n) is 40.8. The van der Waals surface area contributed by atoms with Crippen LogP contribution in [0.3, 0.4) is 0 Å². The molecule has 6 aromatic carbocycles. The van der Waals surface area contributed by atoms with Crippen LogP contribution in [0, 0.1) is 0 Å². The highest BCUT2D eigenvalue weighted by Crippen LogP contribution is 2.35. The first-order chi connectivity index (χ1) is 35.5. The van der Waals surface area contributed by atoms with Crippen LogP contribution in [0.1, 0.15) is 19.3 Å². The molecule has 0 atom stereocenters. The standard InChI is InChI=1S/C60H60N9O3/c70-55(40-64-34-37-67-52-25-10-7-19-46(52)43-16-1-4-22-49(43)58(64)67)61-28-13-30-62(56(71)41-65-35-38-68-53-26-11-8-20-47(53)44-17-2-5-23-50(44)59(65)68)32-15-33-63(31-14-29-61)57(72)42-66-36-39-69-54-27-12-9-21-48(54)45-18-3-6-24-51(45)60(66)69/h1-12,16-27H,13-15,28-42H2/q+3. The Balaban J connectivity index is 0.781. The zero-order chi connectivity index (χ0) is 48.3. The lowest BCUT2D eigenvalue weighted by Crippen LogP contribution is -2.47. The van der Waals surface area contributed by atoms with Gasteiger partial charge >= 0.3 is 0 Å². The van der Waals surface area contributed by atoms with Crippen molar-refractivity contribution in [3.05, 3.63) is 146 Å². The van der Waals surface area contributed by atoms with E-state index in [1.54, 1.807) is 0 Å². The second-order valence-electron chi connectivity index (χ2n) is 20.1. The highest BCUT2D eigenvalue weighted by molar-refractivity contribution is 6.11. The Kier molecular flexibility index (Phi) is 11.3. The third-order valence-electron chi connectivity index (χ3n) is 16.0. The molecule has 0 radical (unpaired) electrons. The summed E-state index contributed by atoms with van der Waals surface area (Å²) < 4.78 is 7.12. The third kappa shape index (κ3) is 7.57. The lowest BCUT2D eigenvalue weighted by atomic mass is 10.1. The van der Waals surface area contributed by atoms with Gasteiger partial charge in [0.05, 0.1) is 16.2 Å². The highest BCUT2D eigenvalue weighted by atomic mass is 16.2. The molecule has 360 valence electrons. The number of carbonyl (C=O) groups is 3. The summed E-state index contributed by atoms with van der Waals surface area (Å²) in [5.41, 5.74) is 3.53. The van der Waals surface area contributed by atoms with Gasteiger partial charge in [-0.1, -0.05) is 109 Å². The van der Waals surface area contributed by atoms with Gasteiger partial charge in [0, 0.05) is 71.6 Å². The fraction of sp³-hybridized carbons (Fsp3) is 0.300. The van der Waals surface area contributed by atoms with Crippen LogP contribution in [0.4, 0.5) is 17.5 Å². The average molecular weight is 955 g/mol. The summed E-state index contributed by atoms with van der Waals surface area (Å²) in [4.78, 5) is 57.2. The lowest BCUT2D eigenvalue weighted by Gasteiger charge is -2.31. The van der Waals surface area contributed by atoms with Crippen LogP contribution in [0.5, 0.6) is 0 Å². The number of amides is 3. The fourth-order valence-electron chi connectivity index (χ4n) is 12.7. The normalized spacial score (nSPS) is 16.5. The maximum absolute atomic E-state index is 14.8. The summed E-state index contributed by atoms with van der Waals surface area (Å²) in [5.74, 6) is 3.48. The molecule has 7 heterocycles. The van der Waals surface area contributed by atoms with Crippen molar-refractivity contribution in [2.24, 2.45) is 0 Å². The van der Waals surface area contributed by atoms with Crippen molar-refractivity contribution in [2.45, 2.75) is 38.9 Å². The third-order valence-corrected chi connectivity index (χ3v) is 16.0. The van der Waals surface area contributed by atoms with Crippen molar-refractivity contribution in [3.63, 3.8) is 0 Å². The molecule has 3 aromatic heterocycles. The molecule has 0 aliphatic carbocycles. The maximum atomic E-state index is 14.8. The first kappa shape index (κ1) is 44.1. The van der Waals surface area contributed by atoms with Crippen LogP contribution in [-0.4, -0.2) is 111 Å². The number of pyridine rings is 3. The number of rotatable bonds is 6. The van der Waals surface area contributed by atoms with Gasteiger partial charge in [0.2, 0.25) is 0 Å². The second-order valence-corrected chi connectivity index (χ2v) is 20.1. The molecule has 12 heteroatoms. The van der Waals surface area contributed by atoms with Crippen molar-refractivity contribution < 1.29 is 28.1 Å². The van der Waals surface area contributed by atoms with E-state index in [1.165, 1.54) is 48.9 Å². The van der Waals surface area contributed by atoms with E-state index in [4.69, 9.17) is 0 Å². The largest absolute Gasteiger partial charge is 0.339 e. The Labute approximate surface area is 419 Å². The topological polar surface area (TPSA) is 82.3 Å². The van der Waals surface area contributed by atoms with E-state index >= 15 is 0 Å². The average Bonchev–Trinajstić information content (AvgIpc) is 4.17. The highest BCUT2D eigenvalue weighted by Gasteiger charge is 2.38. The molecule has 0 bridgehead atoms. The van der Waals surface area contributed by atoms with Crippen LogP contribution in [-0.2, 0) is 34.0 Å². The van der Waals surface area contributed by atoms with E-state index in [1.807, 2.05) is 14.7 Å². The van der Waals surface area contributed by atoms with Crippen molar-refractivity contribution in [1.29, 1.82) is 0 Å². The van der Waals surface area contributed by atoms with Crippen LogP contribution in [0.2, 0.25) is 0 Å². The van der Waals surface area contributed by atoms with E-state index in [9.17, 15) is 14.4 Å². The summed E-state index contributed by atoms with van der Waals surface area (Å²) in [7, 11) is 0. The van der Waals surface area contributed by atoms with Crippen molar-refractivity contribution in [2.75, 3.05) is 93.2 Å². The molecule has 0 saturated carbocycles. The first-order valence-corrected chi connectivity index (χ1v) is 26.1. The summed E-state index contributed by atoms with van der Waals surface area (Å²) >= 11 is 0. The quantitative estimate of drug-likeness (QED) is 0.132. The van der Waals surface area contributed by atoms with Gasteiger partial charge in [-0.2, -0.15) is 0 Å². The van der Waals surface area contributed by atoms with E-state index in [0.717, 1.165) is 72.9 Å². The van der Waals surface area contributed by atoms with Crippen LogP contribution < -0.4 is 28.4 Å². The van der Waals surface area contributed by atoms with E-state index in [0.29, 0.717) is 58.5 Å². The molecule has 12 nitrogen and oxygen atoms in total. The van der Waals surface area contributed by atoms with Gasteiger partial charge in [-0.05, 0) is 55.7 Å². The number of nitrogens with zero attached hydrogens (tertiary/aromatic N) is 9. The van der Waals surface area contributed by atoms with E-state index in [-0.39, 0.29) is 37.4 Å². The van der Waals surface area contributed by atoms with Gasteiger partial charge in [0.15, 0.2) is 19.6 Å². The summed E-state index contributed by atoms with van der Waals surface area (Å²) in [6, 6.07) is 51.3. The van der Waals surface area contributed by atoms with E-state index in [2.05, 4.69) is 174 Å². The summed E-state index contributed by atoms with van der Waals surface area (Å²) in [6.07, 6.45) is 2.02. The van der Waals surface area contributed by atoms with E-state index < -0.39 is 0 Å². The minimum atomic E-state index is 0.0723. The van der Waals surface area contributed by atoms with Gasteiger partial charge in [0.25, 0.3) is 35.2 Å². The Bertz CT molecular complexity index is 3260. The molecule has 0 spiro atoms. The Morgan fingerprint density at radius 2 is 0.542 bits per heavy atom. The molecule has 0 N–H and O–H groups in total. The predicted octanol–water partition coefficient (Wildman–Crippen LogP) is 7.00. The number of carbonyl (C=O) groups excluding carboxylic acids is 3. The van der Waals surface area contributed by atoms with Gasteiger partial charge in [0.1, 0.15) is 55.8 Å². The smallest absolute Gasteiger partial charge is 0.285 e. The molecule has 72 heavy (non-hydrogen) atoms. The molecular weight excluding hydrogens is 895 g/mol. The SMILES string of the molecule is O=C(CN1CC[n+]2c1c1ccccc1c1ccccc12)N1CCCN(C(=O)CN2CC[n+]3c2c2ccccc2c2ccccc23)CCCN(C(=O)CN2CC[n+]3c2c2ccccc2c2ccccc23)CCC1. The van der Waals surface area contributed by atoms with Crippen LogP contribution in [0.15, 0.2) is 146 Å². The zero-order valence-corrected chi connectivity index (χ0v) is 40.8. The Morgan fingerprint density at radius 1 is 0.306 bits per heavy atom. The van der Waals surface area contributed by atoms with Gasteiger partial charge in [-0.25, -0.2) is 28.4 Å². The number of hydrogen-bond acceptors (Lipinski definition) is 6. The summed E-state index contributed by atoms with van der Waals surface area (Å²) in [5, 5.41) is 10.7. The van der Waals surface area contributed by atoms with Crippen molar-refractivity contribution in [1.82, 2.24) is 14.7 Å². The lowest BCUT2D eigenvalue weighted by molar-refractivity contribution is -0.643. The number of fused-ring (bicyclic) bond motifs is 18. The number of aromatic nitrogens is 3. The second kappa shape index (κ2) is 18.4. The molecule has 0 unspecified atom stereocenters. The number of benzene rings is 6. The predicted molar refractivity (Wildman–Crippen MR) is 285 cm³/mol. The number of anilines is 3. The first-order valence-electron chi connectivity index (χ1n) is 26.1. The summed E-state index contributed by atoms with van der Waals surface area (Å²) in [6.45, 7) is 8.63. The van der Waals surface area contributed by atoms with Crippen molar-refractivity contribution in [3.8, 4) is 0 Å². The van der Waals surface area contributed by atoms with Crippen LogP contribution in [0.25, 0.3) is 65.0 Å². The molecule has 13 rings (SSSR count). The molecule has 9 aromatic rings. The monoisotopic (exact) mass is 954 g/mol. The van der Waals surface area contributed by atoms with Crippen molar-refractivity contribution >= 4 is 100 Å². The molecule has 1 fully saturated rings. The van der Waals surface area contributed by atoms with Gasteiger partial charge in [-0.3, -0.25) is 14.4 Å². The number of hydrogen-bond donors (Lipinski definition) is 0. The Morgan fingerprint density at radius 3 is 0.819 bits per heavy atom. The maximum Gasteiger partial charge on any atom is 0.285 e. The Hall–Kier alpha value is -7.86. The number of para-hydroxylation sites is 3. The molecular formula is C60H60N9O3+3. The minimum Gasteiger partial charge on any atom is -0.339 e. The van der Waals surface area contributed by atoms with Gasteiger partial charge in [-0.15, -0.1) is 0 Å². The molecule has 4 aliphatic heterocycles. The van der Waals surface area contributed by atoms with Gasteiger partial charge < -0.3 is 14.7 Å². The molecule has 4 aliphatic rings.